The van der Waals surface area contributed by atoms with Crippen molar-refractivity contribution in [2.24, 2.45) is 0 Å². The number of carbonyl (C=O) groups is 3. The van der Waals surface area contributed by atoms with E-state index in [2.05, 4.69) is 10.2 Å². The summed E-state index contributed by atoms with van der Waals surface area (Å²) < 4.78 is 5.34. The zero-order valence-corrected chi connectivity index (χ0v) is 17.1. The van der Waals surface area contributed by atoms with E-state index in [-0.39, 0.29) is 24.3 Å². The molecule has 2 aromatic rings. The quantitative estimate of drug-likeness (QED) is 0.787. The molecule has 0 aliphatic carbocycles. The van der Waals surface area contributed by atoms with Crippen molar-refractivity contribution in [3.05, 3.63) is 65.2 Å². The van der Waals surface area contributed by atoms with Crippen molar-refractivity contribution in [1.29, 1.82) is 0 Å². The Morgan fingerprint density at radius 3 is 2.48 bits per heavy atom. The Balaban J connectivity index is 1.37. The number of benzene rings is 2. The number of carbonyl (C=O) groups excluding carboxylic acids is 3. The number of ether oxygens (including phenoxy) is 1. The van der Waals surface area contributed by atoms with E-state index in [1.54, 1.807) is 29.2 Å². The minimum atomic E-state index is -0.615. The van der Waals surface area contributed by atoms with Crippen molar-refractivity contribution in [1.82, 2.24) is 15.1 Å². The summed E-state index contributed by atoms with van der Waals surface area (Å²) in [6.07, 6.45) is -0.615. The Morgan fingerprint density at radius 1 is 0.968 bits per heavy atom. The van der Waals surface area contributed by atoms with Gasteiger partial charge in [-0.05, 0) is 18.2 Å². The van der Waals surface area contributed by atoms with Gasteiger partial charge in [-0.3, -0.25) is 24.2 Å². The molecule has 3 heterocycles. The first kappa shape index (κ1) is 19.7. The van der Waals surface area contributed by atoms with Crippen molar-refractivity contribution in [3.63, 3.8) is 0 Å². The first-order chi connectivity index (χ1) is 15.1. The van der Waals surface area contributed by atoms with Crippen LogP contribution in [0, 0.1) is 0 Å². The highest BCUT2D eigenvalue weighted by Gasteiger charge is 2.47. The molecule has 2 aromatic carbocycles. The van der Waals surface area contributed by atoms with Crippen molar-refractivity contribution >= 4 is 23.4 Å². The third-order valence-electron chi connectivity index (χ3n) is 6.05. The molecule has 1 unspecified atom stereocenters. The van der Waals surface area contributed by atoms with Crippen LogP contribution in [0.5, 0.6) is 0 Å². The van der Waals surface area contributed by atoms with E-state index >= 15 is 0 Å². The van der Waals surface area contributed by atoms with Gasteiger partial charge in [0.25, 0.3) is 11.8 Å². The fourth-order valence-corrected chi connectivity index (χ4v) is 4.52. The lowest BCUT2D eigenvalue weighted by Gasteiger charge is -2.40. The van der Waals surface area contributed by atoms with Crippen LogP contribution in [0.1, 0.15) is 32.4 Å². The molecule has 0 saturated carbocycles. The average Bonchev–Trinajstić information content (AvgIpc) is 3.10. The molecule has 8 nitrogen and oxygen atoms in total. The van der Waals surface area contributed by atoms with Crippen molar-refractivity contribution < 1.29 is 19.1 Å². The van der Waals surface area contributed by atoms with Crippen molar-refractivity contribution in [3.8, 4) is 0 Å². The number of nitrogens with one attached hydrogen (secondary N) is 1. The summed E-state index contributed by atoms with van der Waals surface area (Å²) in [7, 11) is 0. The average molecular weight is 420 g/mol. The molecule has 160 valence electrons. The van der Waals surface area contributed by atoms with Gasteiger partial charge >= 0.3 is 0 Å². The summed E-state index contributed by atoms with van der Waals surface area (Å²) in [6.45, 7) is 4.25. The Labute approximate surface area is 180 Å². The highest BCUT2D eigenvalue weighted by Crippen LogP contribution is 2.44. The molecule has 0 bridgehead atoms. The molecule has 0 spiro atoms. The molecule has 5 rings (SSSR count). The number of anilines is 1. The smallest absolute Gasteiger partial charge is 0.260 e. The molecule has 3 aliphatic rings. The number of hydrogen-bond acceptors (Lipinski definition) is 5. The summed E-state index contributed by atoms with van der Waals surface area (Å²) in [4.78, 5) is 44.6. The lowest BCUT2D eigenvalue weighted by Crippen LogP contribution is -2.52. The predicted molar refractivity (Wildman–Crippen MR) is 114 cm³/mol. The number of para-hydroxylation sites is 1. The lowest BCUT2D eigenvalue weighted by atomic mass is 10.0. The largest absolute Gasteiger partial charge is 0.379 e. The zero-order chi connectivity index (χ0) is 21.4. The van der Waals surface area contributed by atoms with Crippen LogP contribution in [-0.4, -0.2) is 73.5 Å². The third-order valence-corrected chi connectivity index (χ3v) is 6.05. The van der Waals surface area contributed by atoms with Crippen LogP contribution in [0.15, 0.2) is 48.5 Å². The number of rotatable bonds is 5. The van der Waals surface area contributed by atoms with E-state index in [0.29, 0.717) is 36.6 Å². The van der Waals surface area contributed by atoms with E-state index in [1.807, 2.05) is 24.3 Å². The zero-order valence-electron chi connectivity index (χ0n) is 17.1. The Morgan fingerprint density at radius 2 is 1.68 bits per heavy atom. The van der Waals surface area contributed by atoms with Gasteiger partial charge < -0.3 is 15.0 Å². The molecule has 1 N–H and O–H groups in total. The highest BCUT2D eigenvalue weighted by molar-refractivity contribution is 6.17. The van der Waals surface area contributed by atoms with Gasteiger partial charge in [0.05, 0.1) is 24.5 Å². The van der Waals surface area contributed by atoms with Gasteiger partial charge in [0, 0.05) is 37.3 Å². The van der Waals surface area contributed by atoms with Gasteiger partial charge in [-0.2, -0.15) is 0 Å². The molecular weight excluding hydrogens is 396 g/mol. The molecule has 31 heavy (non-hydrogen) atoms. The Hall–Kier alpha value is -3.23. The number of hydrogen-bond donors (Lipinski definition) is 1. The van der Waals surface area contributed by atoms with Gasteiger partial charge in [-0.25, -0.2) is 0 Å². The maximum atomic E-state index is 13.3. The summed E-state index contributed by atoms with van der Waals surface area (Å²) >= 11 is 0. The van der Waals surface area contributed by atoms with Gasteiger partial charge in [0.15, 0.2) is 0 Å². The fraction of sp³-hybridized carbons (Fsp3) is 0.348. The number of amides is 3. The van der Waals surface area contributed by atoms with Gasteiger partial charge in [0.2, 0.25) is 5.91 Å². The molecule has 1 saturated heterocycles. The lowest BCUT2D eigenvalue weighted by molar-refractivity contribution is -0.122. The molecular formula is C23H24N4O4. The molecule has 3 amide bonds. The van der Waals surface area contributed by atoms with Gasteiger partial charge in [0.1, 0.15) is 12.7 Å². The molecule has 0 aromatic heterocycles. The van der Waals surface area contributed by atoms with Crippen LogP contribution in [0.2, 0.25) is 0 Å². The van der Waals surface area contributed by atoms with E-state index in [0.717, 1.165) is 25.2 Å². The Bertz CT molecular complexity index is 1030. The molecule has 1 atom stereocenters. The second-order valence-electron chi connectivity index (χ2n) is 7.89. The fourth-order valence-electron chi connectivity index (χ4n) is 4.52. The maximum absolute atomic E-state index is 13.3. The van der Waals surface area contributed by atoms with Crippen LogP contribution in [0.25, 0.3) is 0 Å². The van der Waals surface area contributed by atoms with E-state index in [4.69, 9.17) is 4.74 Å². The maximum Gasteiger partial charge on any atom is 0.260 e. The number of fused-ring (bicyclic) bond motifs is 5. The minimum absolute atomic E-state index is 0.112. The van der Waals surface area contributed by atoms with Gasteiger partial charge in [-0.15, -0.1) is 0 Å². The van der Waals surface area contributed by atoms with Crippen molar-refractivity contribution in [2.75, 3.05) is 50.8 Å². The van der Waals surface area contributed by atoms with E-state index in [1.165, 1.54) is 4.90 Å². The van der Waals surface area contributed by atoms with Crippen LogP contribution < -0.4 is 10.2 Å². The molecule has 8 heteroatoms. The standard InChI is InChI=1S/C23H24N4O4/c28-20(24-9-10-25-11-13-31-14-12-25)15-26-21-16-5-1-2-6-17(16)23(30)27(21)19-8-4-3-7-18(19)22(26)29/h1-8,21H,9-15H2,(H,24,28). The number of morpholine rings is 1. The molecule has 1 fully saturated rings. The second kappa shape index (κ2) is 8.13. The van der Waals surface area contributed by atoms with Crippen LogP contribution in [0.3, 0.4) is 0 Å². The van der Waals surface area contributed by atoms with Crippen LogP contribution in [-0.2, 0) is 9.53 Å². The van der Waals surface area contributed by atoms with E-state index < -0.39 is 6.17 Å². The van der Waals surface area contributed by atoms with Crippen LogP contribution >= 0.6 is 0 Å². The first-order valence-electron chi connectivity index (χ1n) is 10.5. The normalized spacial score (nSPS) is 20.3. The predicted octanol–water partition coefficient (Wildman–Crippen LogP) is 1.25. The monoisotopic (exact) mass is 420 g/mol. The summed E-state index contributed by atoms with van der Waals surface area (Å²) in [6, 6.07) is 14.3. The highest BCUT2D eigenvalue weighted by atomic mass is 16.5. The minimum Gasteiger partial charge on any atom is -0.379 e. The number of nitrogens with zero attached hydrogens (tertiary/aromatic N) is 3. The Kier molecular flexibility index (Phi) is 5.17. The third kappa shape index (κ3) is 3.47. The van der Waals surface area contributed by atoms with Crippen LogP contribution in [0.4, 0.5) is 5.69 Å². The summed E-state index contributed by atoms with van der Waals surface area (Å²) in [5.74, 6) is -0.638. The van der Waals surface area contributed by atoms with E-state index in [9.17, 15) is 14.4 Å². The topological polar surface area (TPSA) is 82.2 Å². The summed E-state index contributed by atoms with van der Waals surface area (Å²) in [5, 5.41) is 2.92. The molecule has 3 aliphatic heterocycles. The SMILES string of the molecule is O=C(CN1C(=O)c2ccccc2N2C(=O)c3ccccc3C12)NCCN1CCOCC1. The van der Waals surface area contributed by atoms with Gasteiger partial charge in [-0.1, -0.05) is 30.3 Å². The van der Waals surface area contributed by atoms with Crippen molar-refractivity contribution in [2.45, 2.75) is 6.17 Å². The second-order valence-corrected chi connectivity index (χ2v) is 7.89. The summed E-state index contributed by atoms with van der Waals surface area (Å²) in [5.41, 5.74) is 2.33. The first-order valence-corrected chi connectivity index (χ1v) is 10.5. The molecule has 0 radical (unpaired) electrons.